The molecule has 37 heavy (non-hydrogen) atoms. The average Bonchev–Trinajstić information content (AvgIpc) is 3.16. The summed E-state index contributed by atoms with van der Waals surface area (Å²) in [5, 5.41) is 6.36. The number of halogens is 4. The average molecular weight is 531 g/mol. The second-order valence-electron chi connectivity index (χ2n) is 9.29. The van der Waals surface area contributed by atoms with Crippen molar-refractivity contribution in [3.05, 3.63) is 64.3 Å². The van der Waals surface area contributed by atoms with Crippen LogP contribution < -0.4 is 15.5 Å². The van der Waals surface area contributed by atoms with Crippen LogP contribution in [-0.4, -0.2) is 41.7 Å². The summed E-state index contributed by atoms with van der Waals surface area (Å²) in [5.41, 5.74) is 0.246. The molecule has 5 rings (SSSR count). The summed E-state index contributed by atoms with van der Waals surface area (Å²) >= 11 is 6.13. The first-order valence-electron chi connectivity index (χ1n) is 11.7. The molecule has 0 spiro atoms. The highest BCUT2D eigenvalue weighted by Crippen LogP contribution is 2.37. The van der Waals surface area contributed by atoms with Gasteiger partial charge in [-0.3, -0.25) is 14.4 Å². The third-order valence-corrected chi connectivity index (χ3v) is 7.23. The van der Waals surface area contributed by atoms with E-state index in [1.165, 1.54) is 18.2 Å². The monoisotopic (exact) mass is 530 g/mol. The SMILES string of the molecule is CN(c1cc(C(F)(F)F)nc2ccc(Cl)cc12)[C@H]1CC[C@@H](NC(=O)c2cccc3c2NC(=O)C3=O)CC1. The molecule has 1 aliphatic carbocycles. The lowest BCUT2D eigenvalue weighted by Gasteiger charge is -2.37. The molecule has 2 aromatic carbocycles. The van der Waals surface area contributed by atoms with Crippen LogP contribution in [-0.2, 0) is 11.0 Å². The molecule has 0 saturated heterocycles. The molecule has 1 aromatic heterocycles. The Kier molecular flexibility index (Phi) is 6.31. The minimum atomic E-state index is -4.59. The quantitative estimate of drug-likeness (QED) is 0.451. The molecule has 2 heterocycles. The van der Waals surface area contributed by atoms with Crippen molar-refractivity contribution in [2.75, 3.05) is 17.3 Å². The van der Waals surface area contributed by atoms with Crippen molar-refractivity contribution in [3.63, 3.8) is 0 Å². The van der Waals surface area contributed by atoms with Crippen LogP contribution >= 0.6 is 11.6 Å². The van der Waals surface area contributed by atoms with Crippen molar-refractivity contribution >= 4 is 51.5 Å². The number of benzene rings is 2. The molecule has 0 radical (unpaired) electrons. The van der Waals surface area contributed by atoms with Crippen LogP contribution in [0, 0.1) is 0 Å². The number of fused-ring (bicyclic) bond motifs is 2. The lowest BCUT2D eigenvalue weighted by molar-refractivity contribution is -0.140. The number of aromatic nitrogens is 1. The second-order valence-corrected chi connectivity index (χ2v) is 9.72. The van der Waals surface area contributed by atoms with Crippen molar-refractivity contribution in [1.29, 1.82) is 0 Å². The molecule has 192 valence electrons. The van der Waals surface area contributed by atoms with E-state index in [9.17, 15) is 27.6 Å². The van der Waals surface area contributed by atoms with Crippen molar-refractivity contribution < 1.29 is 27.6 Å². The van der Waals surface area contributed by atoms with Gasteiger partial charge in [-0.2, -0.15) is 13.2 Å². The van der Waals surface area contributed by atoms with Gasteiger partial charge in [-0.1, -0.05) is 17.7 Å². The number of nitrogens with zero attached hydrogens (tertiary/aromatic N) is 2. The van der Waals surface area contributed by atoms with E-state index in [4.69, 9.17) is 11.6 Å². The van der Waals surface area contributed by atoms with Gasteiger partial charge in [-0.15, -0.1) is 0 Å². The van der Waals surface area contributed by atoms with Gasteiger partial charge in [-0.05, 0) is 62.1 Å². The van der Waals surface area contributed by atoms with Crippen LogP contribution in [0.5, 0.6) is 0 Å². The Balaban J connectivity index is 1.31. The molecule has 2 amide bonds. The fraction of sp³-hybridized carbons (Fsp3) is 0.308. The number of para-hydroxylation sites is 1. The third-order valence-electron chi connectivity index (χ3n) is 7.00. The summed E-state index contributed by atoms with van der Waals surface area (Å²) < 4.78 is 40.6. The number of carbonyl (C=O) groups excluding carboxylic acids is 3. The molecule has 11 heteroatoms. The molecule has 1 aliphatic heterocycles. The first kappa shape index (κ1) is 25.0. The van der Waals surface area contributed by atoms with Gasteiger partial charge < -0.3 is 15.5 Å². The van der Waals surface area contributed by atoms with E-state index < -0.39 is 29.5 Å². The zero-order valence-electron chi connectivity index (χ0n) is 19.7. The third kappa shape index (κ3) is 4.73. The fourth-order valence-electron chi connectivity index (χ4n) is 5.04. The summed E-state index contributed by atoms with van der Waals surface area (Å²) in [6, 6.07) is 10.0. The number of nitrogens with one attached hydrogen (secondary N) is 2. The number of hydrogen-bond donors (Lipinski definition) is 2. The Labute approximate surface area is 215 Å². The first-order valence-corrected chi connectivity index (χ1v) is 12.1. The number of Topliss-reactive ketones (excluding diaryl/α,β-unsaturated/α-hetero) is 1. The lowest BCUT2D eigenvalue weighted by atomic mass is 9.89. The van der Waals surface area contributed by atoms with Gasteiger partial charge in [0.1, 0.15) is 5.69 Å². The van der Waals surface area contributed by atoms with E-state index in [1.807, 2.05) is 4.90 Å². The van der Waals surface area contributed by atoms with Gasteiger partial charge in [0.15, 0.2) is 0 Å². The van der Waals surface area contributed by atoms with E-state index in [1.54, 1.807) is 25.2 Å². The standard InChI is InChI=1S/C26H22ClF3N4O3/c1-34(20-12-21(26(28,29)30)32-19-10-5-13(27)11-18(19)20)15-8-6-14(7-9-15)31-24(36)17-4-2-3-16-22(17)33-25(37)23(16)35/h2-5,10-12,14-15H,6-9H2,1H3,(H,31,36)(H,33,35,37)/t14-,15+. The highest BCUT2D eigenvalue weighted by Gasteiger charge is 2.35. The number of pyridine rings is 1. The molecule has 2 N–H and O–H groups in total. The molecule has 0 atom stereocenters. The molecule has 3 aromatic rings. The van der Waals surface area contributed by atoms with Gasteiger partial charge >= 0.3 is 6.18 Å². The maximum atomic E-state index is 13.5. The van der Waals surface area contributed by atoms with Gasteiger partial charge in [-0.25, -0.2) is 4.98 Å². The topological polar surface area (TPSA) is 91.4 Å². The van der Waals surface area contributed by atoms with Crippen molar-refractivity contribution in [2.24, 2.45) is 0 Å². The zero-order valence-corrected chi connectivity index (χ0v) is 20.4. The predicted molar refractivity (Wildman–Crippen MR) is 133 cm³/mol. The Morgan fingerprint density at radius 3 is 2.54 bits per heavy atom. The van der Waals surface area contributed by atoms with Gasteiger partial charge in [0.2, 0.25) is 0 Å². The number of alkyl halides is 3. The van der Waals surface area contributed by atoms with E-state index in [0.29, 0.717) is 41.8 Å². The Morgan fingerprint density at radius 2 is 1.84 bits per heavy atom. The van der Waals surface area contributed by atoms with Crippen LogP contribution in [0.25, 0.3) is 10.9 Å². The normalized spacial score (nSPS) is 19.5. The molecule has 7 nitrogen and oxygen atoms in total. The Bertz CT molecular complexity index is 1430. The van der Waals surface area contributed by atoms with Gasteiger partial charge in [0, 0.05) is 35.2 Å². The van der Waals surface area contributed by atoms with Crippen molar-refractivity contribution in [1.82, 2.24) is 10.3 Å². The molecule has 1 saturated carbocycles. The number of anilines is 2. The minimum absolute atomic E-state index is 0.0586. The van der Waals surface area contributed by atoms with Crippen LogP contribution in [0.2, 0.25) is 5.02 Å². The van der Waals surface area contributed by atoms with Crippen molar-refractivity contribution in [2.45, 2.75) is 43.9 Å². The number of ketones is 1. The molecule has 0 unspecified atom stereocenters. The van der Waals surface area contributed by atoms with Crippen LogP contribution in [0.4, 0.5) is 24.5 Å². The van der Waals surface area contributed by atoms with Gasteiger partial charge in [0.25, 0.3) is 17.6 Å². The van der Waals surface area contributed by atoms with E-state index >= 15 is 0 Å². The highest BCUT2D eigenvalue weighted by atomic mass is 35.5. The van der Waals surface area contributed by atoms with Crippen LogP contribution in [0.15, 0.2) is 42.5 Å². The summed E-state index contributed by atoms with van der Waals surface area (Å²) in [7, 11) is 1.76. The molecule has 0 bridgehead atoms. The smallest absolute Gasteiger partial charge is 0.371 e. The number of hydrogen-bond acceptors (Lipinski definition) is 5. The predicted octanol–water partition coefficient (Wildman–Crippen LogP) is 5.22. The molecule has 2 aliphatic rings. The Morgan fingerprint density at radius 1 is 1.11 bits per heavy atom. The maximum absolute atomic E-state index is 13.5. The van der Waals surface area contributed by atoms with E-state index in [2.05, 4.69) is 15.6 Å². The van der Waals surface area contributed by atoms with Crippen molar-refractivity contribution in [3.8, 4) is 0 Å². The summed E-state index contributed by atoms with van der Waals surface area (Å²) in [5.74, 6) is -1.84. The fourth-order valence-corrected chi connectivity index (χ4v) is 5.21. The van der Waals surface area contributed by atoms with Crippen LogP contribution in [0.1, 0.15) is 52.1 Å². The lowest BCUT2D eigenvalue weighted by Crippen LogP contribution is -2.43. The molecular weight excluding hydrogens is 509 g/mol. The number of rotatable bonds is 4. The summed E-state index contributed by atoms with van der Waals surface area (Å²) in [4.78, 5) is 42.2. The second kappa shape index (κ2) is 9.33. The number of amides is 2. The minimum Gasteiger partial charge on any atom is -0.371 e. The first-order chi connectivity index (χ1) is 17.5. The summed E-state index contributed by atoms with van der Waals surface area (Å²) in [6.07, 6.45) is -2.11. The maximum Gasteiger partial charge on any atom is 0.433 e. The van der Waals surface area contributed by atoms with Crippen LogP contribution in [0.3, 0.4) is 0 Å². The van der Waals surface area contributed by atoms with E-state index in [0.717, 1.165) is 6.07 Å². The van der Waals surface area contributed by atoms with Gasteiger partial charge in [0.05, 0.1) is 22.3 Å². The van der Waals surface area contributed by atoms with E-state index in [-0.39, 0.29) is 34.4 Å². The zero-order chi connectivity index (χ0) is 26.5. The molecular formula is C26H22ClF3N4O3. The Hall–Kier alpha value is -3.66. The largest absolute Gasteiger partial charge is 0.433 e. The molecule has 1 fully saturated rings. The number of carbonyl (C=O) groups is 3. The summed E-state index contributed by atoms with van der Waals surface area (Å²) in [6.45, 7) is 0. The highest BCUT2D eigenvalue weighted by molar-refractivity contribution is 6.52.